The van der Waals surface area contributed by atoms with Gasteiger partial charge in [-0.15, -0.1) is 0 Å². The van der Waals surface area contributed by atoms with E-state index in [1.165, 1.54) is 0 Å². The number of benzene rings is 1. The first-order chi connectivity index (χ1) is 9.29. The molecule has 0 fully saturated rings. The molecule has 0 atom stereocenters. The fourth-order valence-corrected chi connectivity index (χ4v) is 1.41. The number of anilines is 1. The minimum atomic E-state index is 0.862. The van der Waals surface area contributed by atoms with Crippen molar-refractivity contribution in [3.8, 4) is 0 Å². The summed E-state index contributed by atoms with van der Waals surface area (Å²) in [6.45, 7) is 14.0. The van der Waals surface area contributed by atoms with E-state index in [4.69, 9.17) is 0 Å². The summed E-state index contributed by atoms with van der Waals surface area (Å²) in [4.78, 5) is 4.49. The Morgan fingerprint density at radius 1 is 1.05 bits per heavy atom. The van der Waals surface area contributed by atoms with E-state index in [1.807, 2.05) is 52.0 Å². The van der Waals surface area contributed by atoms with Gasteiger partial charge in [-0.3, -0.25) is 0 Å². The Morgan fingerprint density at radius 2 is 1.68 bits per heavy atom. The largest absolute Gasteiger partial charge is 0.344 e. The molecule has 2 heteroatoms. The number of aromatic nitrogens is 1. The minimum absolute atomic E-state index is 0.862. The van der Waals surface area contributed by atoms with Crippen molar-refractivity contribution >= 4 is 16.7 Å². The highest BCUT2D eigenvalue weighted by Gasteiger charge is 1.97. The van der Waals surface area contributed by atoms with Gasteiger partial charge in [0.15, 0.2) is 0 Å². The average Bonchev–Trinajstić information content (AvgIpc) is 2.51. The number of nitrogens with zero attached hydrogens (tertiary/aromatic N) is 1. The van der Waals surface area contributed by atoms with Crippen LogP contribution < -0.4 is 5.32 Å². The molecule has 1 N–H and O–H groups in total. The van der Waals surface area contributed by atoms with Gasteiger partial charge in [-0.05, 0) is 24.6 Å². The summed E-state index contributed by atoms with van der Waals surface area (Å²) in [5.74, 6) is 0.862. The highest BCUT2D eigenvalue weighted by atomic mass is 15.0. The maximum absolute atomic E-state index is 4.49. The Labute approximate surface area is 117 Å². The molecule has 0 spiro atoms. The van der Waals surface area contributed by atoms with Crippen LogP contribution in [0.4, 0.5) is 5.82 Å². The lowest BCUT2D eigenvalue weighted by Crippen LogP contribution is -1.98. The van der Waals surface area contributed by atoms with Gasteiger partial charge in [-0.2, -0.15) is 0 Å². The predicted molar refractivity (Wildman–Crippen MR) is 87.5 cm³/mol. The van der Waals surface area contributed by atoms with E-state index in [-0.39, 0.29) is 0 Å². The van der Waals surface area contributed by atoms with Gasteiger partial charge < -0.3 is 5.32 Å². The molecular formula is C17H26N2. The van der Waals surface area contributed by atoms with Crippen LogP contribution >= 0.6 is 0 Å². The molecule has 1 aromatic heterocycles. The number of hydrogen-bond donors (Lipinski definition) is 1. The van der Waals surface area contributed by atoms with Crippen LogP contribution in [0.2, 0.25) is 0 Å². The van der Waals surface area contributed by atoms with Crippen LogP contribution in [0.25, 0.3) is 10.9 Å². The van der Waals surface area contributed by atoms with Crippen LogP contribution in [-0.2, 0) is 0 Å². The van der Waals surface area contributed by atoms with Crippen molar-refractivity contribution in [2.24, 2.45) is 0 Å². The van der Waals surface area contributed by atoms with Gasteiger partial charge in [0.2, 0.25) is 0 Å². The van der Waals surface area contributed by atoms with E-state index in [1.54, 1.807) is 0 Å². The van der Waals surface area contributed by atoms with Crippen LogP contribution in [0.1, 0.15) is 41.0 Å². The van der Waals surface area contributed by atoms with Crippen LogP contribution in [0.5, 0.6) is 0 Å². The lowest BCUT2D eigenvalue weighted by molar-refractivity contribution is 1.10. The molecule has 2 aromatic rings. The first-order valence-corrected chi connectivity index (χ1v) is 7.10. The van der Waals surface area contributed by atoms with E-state index < -0.39 is 0 Å². The van der Waals surface area contributed by atoms with Crippen LogP contribution in [0, 0.1) is 0 Å². The molecule has 19 heavy (non-hydrogen) atoms. The summed E-state index contributed by atoms with van der Waals surface area (Å²) >= 11 is 0. The second kappa shape index (κ2) is 10.1. The third kappa shape index (κ3) is 5.56. The lowest BCUT2D eigenvalue weighted by atomic mass is 10.2. The van der Waals surface area contributed by atoms with Crippen molar-refractivity contribution in [1.29, 1.82) is 0 Å². The van der Waals surface area contributed by atoms with Gasteiger partial charge in [0.25, 0.3) is 0 Å². The van der Waals surface area contributed by atoms with Gasteiger partial charge in [0.05, 0.1) is 5.52 Å². The standard InChI is InChI=1S/C13H14N2.2C2H6/c1-3-10(2)14-13-9-8-11-6-4-5-7-12(11)15-13;2*1-2/h4-9H,2-3H2,1H3,(H,14,15);2*1-2H3. The smallest absolute Gasteiger partial charge is 0.130 e. The highest BCUT2D eigenvalue weighted by molar-refractivity contribution is 5.80. The first-order valence-electron chi connectivity index (χ1n) is 7.10. The van der Waals surface area contributed by atoms with Gasteiger partial charge in [0.1, 0.15) is 5.82 Å². The quantitative estimate of drug-likeness (QED) is 0.772. The number of hydrogen-bond acceptors (Lipinski definition) is 2. The van der Waals surface area contributed by atoms with Gasteiger partial charge >= 0.3 is 0 Å². The van der Waals surface area contributed by atoms with E-state index >= 15 is 0 Å². The molecule has 0 saturated carbocycles. The zero-order valence-corrected chi connectivity index (χ0v) is 12.8. The third-order valence-electron chi connectivity index (χ3n) is 2.33. The minimum Gasteiger partial charge on any atom is -0.344 e. The number of para-hydroxylation sites is 1. The first kappa shape index (κ1) is 17.2. The molecule has 0 amide bonds. The highest BCUT2D eigenvalue weighted by Crippen LogP contribution is 2.15. The molecule has 1 aromatic carbocycles. The molecule has 0 saturated heterocycles. The molecule has 2 nitrogen and oxygen atoms in total. The second-order valence-electron chi connectivity index (χ2n) is 3.47. The Bertz CT molecular complexity index is 489. The summed E-state index contributed by atoms with van der Waals surface area (Å²) in [5, 5.41) is 4.34. The maximum atomic E-state index is 4.49. The Hall–Kier alpha value is -1.83. The summed E-state index contributed by atoms with van der Waals surface area (Å²) < 4.78 is 0. The van der Waals surface area contributed by atoms with E-state index in [9.17, 15) is 0 Å². The van der Waals surface area contributed by atoms with Crippen molar-refractivity contribution in [3.05, 3.63) is 48.7 Å². The van der Waals surface area contributed by atoms with Crippen molar-refractivity contribution in [2.45, 2.75) is 41.0 Å². The van der Waals surface area contributed by atoms with E-state index in [0.29, 0.717) is 0 Å². The normalized spacial score (nSPS) is 8.68. The van der Waals surface area contributed by atoms with Crippen molar-refractivity contribution < 1.29 is 0 Å². The molecule has 0 radical (unpaired) electrons. The molecule has 0 unspecified atom stereocenters. The number of pyridine rings is 1. The third-order valence-corrected chi connectivity index (χ3v) is 2.33. The van der Waals surface area contributed by atoms with Crippen LogP contribution in [0.3, 0.4) is 0 Å². The monoisotopic (exact) mass is 258 g/mol. The van der Waals surface area contributed by atoms with Crippen molar-refractivity contribution in [1.82, 2.24) is 4.98 Å². The van der Waals surface area contributed by atoms with E-state index in [2.05, 4.69) is 35.9 Å². The fraction of sp³-hybridized carbons (Fsp3) is 0.353. The molecule has 0 aliphatic carbocycles. The van der Waals surface area contributed by atoms with Gasteiger partial charge in [0, 0.05) is 11.1 Å². The maximum Gasteiger partial charge on any atom is 0.130 e. The second-order valence-corrected chi connectivity index (χ2v) is 3.47. The fourth-order valence-electron chi connectivity index (χ4n) is 1.41. The summed E-state index contributed by atoms with van der Waals surface area (Å²) in [5.41, 5.74) is 1.99. The summed E-state index contributed by atoms with van der Waals surface area (Å²) in [6.07, 6.45) is 0.911. The summed E-state index contributed by atoms with van der Waals surface area (Å²) in [7, 11) is 0. The van der Waals surface area contributed by atoms with Gasteiger partial charge in [-0.25, -0.2) is 4.98 Å². The van der Waals surface area contributed by atoms with E-state index in [0.717, 1.165) is 28.8 Å². The molecule has 0 aliphatic rings. The molecule has 0 aliphatic heterocycles. The zero-order chi connectivity index (χ0) is 14.7. The molecule has 1 heterocycles. The topological polar surface area (TPSA) is 24.9 Å². The number of rotatable bonds is 3. The van der Waals surface area contributed by atoms with Crippen molar-refractivity contribution in [3.63, 3.8) is 0 Å². The molecule has 104 valence electrons. The average molecular weight is 258 g/mol. The molecular weight excluding hydrogens is 232 g/mol. The van der Waals surface area contributed by atoms with Crippen molar-refractivity contribution in [2.75, 3.05) is 5.32 Å². The number of nitrogens with one attached hydrogen (secondary N) is 1. The predicted octanol–water partition coefficient (Wildman–Crippen LogP) is 5.62. The van der Waals surface area contributed by atoms with Crippen LogP contribution in [-0.4, -0.2) is 4.98 Å². The Balaban J connectivity index is 0.000000741. The van der Waals surface area contributed by atoms with Crippen LogP contribution in [0.15, 0.2) is 48.7 Å². The molecule has 0 bridgehead atoms. The molecule has 2 rings (SSSR count). The Kier molecular flexibility index (Phi) is 9.15. The number of allylic oxidation sites excluding steroid dienone is 1. The Morgan fingerprint density at radius 3 is 2.32 bits per heavy atom. The summed E-state index contributed by atoms with van der Waals surface area (Å²) in [6, 6.07) is 12.1. The van der Waals surface area contributed by atoms with Gasteiger partial charge in [-0.1, -0.05) is 59.4 Å². The zero-order valence-electron chi connectivity index (χ0n) is 12.8. The SMILES string of the molecule is C=C(CC)Nc1ccc2ccccc2n1.CC.CC. The number of fused-ring (bicyclic) bond motifs is 1. The lowest BCUT2D eigenvalue weighted by Gasteiger charge is -2.07.